The maximum atomic E-state index is 12.2. The number of rotatable bonds is 8. The maximum Gasteiger partial charge on any atom is 0.264 e. The molecule has 3 rings (SSSR count). The van der Waals surface area contributed by atoms with Crippen LogP contribution in [-0.2, 0) is 4.79 Å². The van der Waals surface area contributed by atoms with E-state index in [4.69, 9.17) is 9.47 Å². The number of anilines is 1. The molecule has 1 amide bonds. The molecule has 1 N–H and O–H groups in total. The van der Waals surface area contributed by atoms with Gasteiger partial charge in [0.1, 0.15) is 11.5 Å². The summed E-state index contributed by atoms with van der Waals surface area (Å²) in [5.74, 6) is 1.22. The lowest BCUT2D eigenvalue weighted by atomic mass is 10.2. The standard InChI is InChI=1S/C21H21BrN2O3S/c1-3-10-26-16-7-5-15(6-8-16)18-13-28-21(23-18)24-20(25)12-27-19-9-4-14(2)11-17(19)22/h4-9,11,13H,3,10,12H2,1-2H3,(H,23,24,25). The molecule has 0 aliphatic heterocycles. The summed E-state index contributed by atoms with van der Waals surface area (Å²) in [4.78, 5) is 16.6. The van der Waals surface area contributed by atoms with Crippen molar-refractivity contribution >= 4 is 38.3 Å². The van der Waals surface area contributed by atoms with Crippen LogP contribution < -0.4 is 14.8 Å². The van der Waals surface area contributed by atoms with Gasteiger partial charge in [0.15, 0.2) is 11.7 Å². The van der Waals surface area contributed by atoms with Crippen LogP contribution in [0.3, 0.4) is 0 Å². The van der Waals surface area contributed by atoms with Crippen molar-refractivity contribution in [1.29, 1.82) is 0 Å². The Balaban J connectivity index is 1.55. The van der Waals surface area contributed by atoms with Crippen LogP contribution >= 0.6 is 27.3 Å². The molecule has 28 heavy (non-hydrogen) atoms. The number of nitrogens with one attached hydrogen (secondary N) is 1. The topological polar surface area (TPSA) is 60.5 Å². The lowest BCUT2D eigenvalue weighted by Gasteiger charge is -2.08. The SMILES string of the molecule is CCCOc1ccc(-c2csc(NC(=O)COc3ccc(C)cc3Br)n2)cc1. The van der Waals surface area contributed by atoms with Gasteiger partial charge in [0, 0.05) is 10.9 Å². The van der Waals surface area contributed by atoms with E-state index in [-0.39, 0.29) is 12.5 Å². The molecule has 7 heteroatoms. The molecule has 0 aliphatic carbocycles. The second kappa shape index (κ2) is 9.71. The number of aromatic nitrogens is 1. The van der Waals surface area contributed by atoms with Gasteiger partial charge in [0.25, 0.3) is 5.91 Å². The van der Waals surface area contributed by atoms with Gasteiger partial charge < -0.3 is 9.47 Å². The Morgan fingerprint density at radius 3 is 2.68 bits per heavy atom. The number of ether oxygens (including phenoxy) is 2. The largest absolute Gasteiger partial charge is 0.494 e. The van der Waals surface area contributed by atoms with Crippen molar-refractivity contribution < 1.29 is 14.3 Å². The molecule has 0 saturated carbocycles. The number of carbonyl (C=O) groups excluding carboxylic acids is 1. The van der Waals surface area contributed by atoms with Gasteiger partial charge in [-0.15, -0.1) is 11.3 Å². The summed E-state index contributed by atoms with van der Waals surface area (Å²) in [5, 5.41) is 5.23. The second-order valence-electron chi connectivity index (χ2n) is 6.18. The molecule has 1 heterocycles. The van der Waals surface area contributed by atoms with Crippen LogP contribution in [0.5, 0.6) is 11.5 Å². The summed E-state index contributed by atoms with van der Waals surface area (Å²) in [6.45, 7) is 4.69. The van der Waals surface area contributed by atoms with E-state index >= 15 is 0 Å². The first-order chi connectivity index (χ1) is 13.5. The van der Waals surface area contributed by atoms with E-state index in [1.54, 1.807) is 0 Å². The molecular weight excluding hydrogens is 440 g/mol. The van der Waals surface area contributed by atoms with Crippen LogP contribution in [0.1, 0.15) is 18.9 Å². The molecule has 3 aromatic rings. The molecule has 0 fully saturated rings. The first-order valence-electron chi connectivity index (χ1n) is 8.92. The minimum absolute atomic E-state index is 0.0833. The minimum atomic E-state index is -0.253. The van der Waals surface area contributed by atoms with Gasteiger partial charge in [-0.25, -0.2) is 4.98 Å². The van der Waals surface area contributed by atoms with Crippen LogP contribution in [0.25, 0.3) is 11.3 Å². The zero-order valence-electron chi connectivity index (χ0n) is 15.7. The lowest BCUT2D eigenvalue weighted by Crippen LogP contribution is -2.20. The highest BCUT2D eigenvalue weighted by Gasteiger charge is 2.10. The fraction of sp³-hybridized carbons (Fsp3) is 0.238. The number of hydrogen-bond acceptors (Lipinski definition) is 5. The van der Waals surface area contributed by atoms with E-state index < -0.39 is 0 Å². The summed E-state index contributed by atoms with van der Waals surface area (Å²) in [6.07, 6.45) is 0.974. The van der Waals surface area contributed by atoms with Gasteiger partial charge in [-0.1, -0.05) is 13.0 Å². The summed E-state index contributed by atoms with van der Waals surface area (Å²) >= 11 is 4.81. The van der Waals surface area contributed by atoms with Crippen molar-refractivity contribution in [1.82, 2.24) is 4.98 Å². The third-order valence-corrected chi connectivity index (χ3v) is 5.20. The number of benzene rings is 2. The average molecular weight is 461 g/mol. The Hall–Kier alpha value is -2.38. The molecule has 0 unspecified atom stereocenters. The predicted octanol–water partition coefficient (Wildman–Crippen LogP) is 5.69. The number of aryl methyl sites for hydroxylation is 1. The Morgan fingerprint density at radius 2 is 1.96 bits per heavy atom. The highest BCUT2D eigenvalue weighted by atomic mass is 79.9. The van der Waals surface area contributed by atoms with Crippen LogP contribution in [0, 0.1) is 6.92 Å². The molecule has 0 bridgehead atoms. The summed E-state index contributed by atoms with van der Waals surface area (Å²) in [6, 6.07) is 13.5. The van der Waals surface area contributed by atoms with Gasteiger partial charge in [0.05, 0.1) is 16.8 Å². The number of halogens is 1. The predicted molar refractivity (Wildman–Crippen MR) is 116 cm³/mol. The van der Waals surface area contributed by atoms with Crippen LogP contribution in [-0.4, -0.2) is 24.1 Å². The van der Waals surface area contributed by atoms with E-state index in [1.165, 1.54) is 11.3 Å². The van der Waals surface area contributed by atoms with E-state index in [9.17, 15) is 4.79 Å². The highest BCUT2D eigenvalue weighted by molar-refractivity contribution is 9.10. The Bertz CT molecular complexity index is 941. The molecule has 1 aromatic heterocycles. The van der Waals surface area contributed by atoms with Crippen molar-refractivity contribution in [2.24, 2.45) is 0 Å². The molecule has 0 atom stereocenters. The van der Waals surface area contributed by atoms with Gasteiger partial charge in [-0.3, -0.25) is 10.1 Å². The minimum Gasteiger partial charge on any atom is -0.494 e. The highest BCUT2D eigenvalue weighted by Crippen LogP contribution is 2.27. The Labute approximate surface area is 176 Å². The number of carbonyl (C=O) groups is 1. The normalized spacial score (nSPS) is 10.5. The van der Waals surface area contributed by atoms with Gasteiger partial charge >= 0.3 is 0 Å². The molecular formula is C21H21BrN2O3S. The van der Waals surface area contributed by atoms with E-state index in [1.807, 2.05) is 54.8 Å². The third kappa shape index (κ3) is 5.56. The molecule has 0 aliphatic rings. The quantitative estimate of drug-likeness (QED) is 0.469. The van der Waals surface area contributed by atoms with Crippen LogP contribution in [0.2, 0.25) is 0 Å². The van der Waals surface area contributed by atoms with Crippen molar-refractivity contribution in [3.8, 4) is 22.8 Å². The smallest absolute Gasteiger partial charge is 0.264 e. The lowest BCUT2D eigenvalue weighted by molar-refractivity contribution is -0.118. The average Bonchev–Trinajstić information content (AvgIpc) is 3.14. The first kappa shape index (κ1) is 20.4. The Kier molecular flexibility index (Phi) is 7.06. The third-order valence-electron chi connectivity index (χ3n) is 3.82. The molecule has 0 saturated heterocycles. The van der Waals surface area contributed by atoms with Crippen molar-refractivity contribution in [3.63, 3.8) is 0 Å². The van der Waals surface area contributed by atoms with Crippen molar-refractivity contribution in [2.75, 3.05) is 18.5 Å². The summed E-state index contributed by atoms with van der Waals surface area (Å²) in [5.41, 5.74) is 2.90. The van der Waals surface area contributed by atoms with Crippen LogP contribution in [0.4, 0.5) is 5.13 Å². The molecule has 0 radical (unpaired) electrons. The van der Waals surface area contributed by atoms with Crippen molar-refractivity contribution in [3.05, 3.63) is 57.9 Å². The van der Waals surface area contributed by atoms with E-state index in [2.05, 4.69) is 33.2 Å². The molecule has 2 aromatic carbocycles. The van der Waals surface area contributed by atoms with E-state index in [0.29, 0.717) is 17.5 Å². The van der Waals surface area contributed by atoms with Gasteiger partial charge in [0.2, 0.25) is 0 Å². The summed E-state index contributed by atoms with van der Waals surface area (Å²) < 4.78 is 12.0. The first-order valence-corrected chi connectivity index (χ1v) is 10.6. The number of nitrogens with zero attached hydrogens (tertiary/aromatic N) is 1. The zero-order chi connectivity index (χ0) is 19.9. The number of hydrogen-bond donors (Lipinski definition) is 1. The molecule has 146 valence electrons. The zero-order valence-corrected chi connectivity index (χ0v) is 18.1. The number of thiazole rings is 1. The van der Waals surface area contributed by atoms with Crippen molar-refractivity contribution in [2.45, 2.75) is 20.3 Å². The monoisotopic (exact) mass is 460 g/mol. The molecule has 5 nitrogen and oxygen atoms in total. The number of amides is 1. The van der Waals surface area contributed by atoms with E-state index in [0.717, 1.165) is 33.5 Å². The van der Waals surface area contributed by atoms with Gasteiger partial charge in [-0.05, 0) is 71.2 Å². The Morgan fingerprint density at radius 1 is 1.18 bits per heavy atom. The second-order valence-corrected chi connectivity index (χ2v) is 7.89. The van der Waals surface area contributed by atoms with Gasteiger partial charge in [-0.2, -0.15) is 0 Å². The van der Waals surface area contributed by atoms with Crippen LogP contribution in [0.15, 0.2) is 52.3 Å². The fourth-order valence-corrected chi connectivity index (χ4v) is 3.77. The summed E-state index contributed by atoms with van der Waals surface area (Å²) in [7, 11) is 0. The maximum absolute atomic E-state index is 12.2. The molecule has 0 spiro atoms. The fourth-order valence-electron chi connectivity index (χ4n) is 2.43.